The molecule has 1 heterocycles. The molecule has 0 amide bonds. The summed E-state index contributed by atoms with van der Waals surface area (Å²) in [6.07, 6.45) is 1.01. The summed E-state index contributed by atoms with van der Waals surface area (Å²) in [4.78, 5) is 27.2. The van der Waals surface area contributed by atoms with Crippen molar-refractivity contribution >= 4 is 23.5 Å². The molecule has 1 aliphatic carbocycles. The van der Waals surface area contributed by atoms with Gasteiger partial charge in [0.05, 0.1) is 26.9 Å². The van der Waals surface area contributed by atoms with Crippen molar-refractivity contribution in [3.05, 3.63) is 76.1 Å². The minimum absolute atomic E-state index is 0.0127. The summed E-state index contributed by atoms with van der Waals surface area (Å²) in [5, 5.41) is 3.41. The van der Waals surface area contributed by atoms with Crippen LogP contribution in [0, 0.1) is 0 Å². The largest absolute Gasteiger partial charge is 0.497 e. The Balaban J connectivity index is 1.74. The average molecular weight is 538 g/mol. The van der Waals surface area contributed by atoms with Crippen molar-refractivity contribution in [2.75, 3.05) is 39.4 Å². The van der Waals surface area contributed by atoms with Gasteiger partial charge >= 0.3 is 5.97 Å². The third-order valence-corrected chi connectivity index (χ3v) is 7.90. The first-order valence-corrected chi connectivity index (χ1v) is 13.9. The number of dihydropyridines is 1. The van der Waals surface area contributed by atoms with Crippen LogP contribution in [-0.2, 0) is 14.3 Å². The van der Waals surface area contributed by atoms with E-state index in [4.69, 9.17) is 18.9 Å². The van der Waals surface area contributed by atoms with Crippen LogP contribution in [0.5, 0.6) is 17.2 Å². The van der Waals surface area contributed by atoms with Gasteiger partial charge in [0.15, 0.2) is 17.3 Å². The predicted molar refractivity (Wildman–Crippen MR) is 149 cm³/mol. The fourth-order valence-corrected chi connectivity index (χ4v) is 5.69. The number of Topliss-reactive ketones (excluding diaryl/α,β-unsaturated/α-hetero) is 1. The minimum atomic E-state index is -0.568. The van der Waals surface area contributed by atoms with Crippen molar-refractivity contribution in [1.82, 2.24) is 5.32 Å². The maximum Gasteiger partial charge on any atom is 0.336 e. The maximum absolute atomic E-state index is 13.8. The second-order valence-electron chi connectivity index (χ2n) is 9.24. The van der Waals surface area contributed by atoms with Crippen molar-refractivity contribution in [3.8, 4) is 17.2 Å². The van der Waals surface area contributed by atoms with E-state index in [9.17, 15) is 9.59 Å². The number of carbonyl (C=O) groups excluding carboxylic acids is 2. The Labute approximate surface area is 228 Å². The highest BCUT2D eigenvalue weighted by Crippen LogP contribution is 2.47. The molecule has 1 N–H and O–H groups in total. The van der Waals surface area contributed by atoms with Gasteiger partial charge in [0.2, 0.25) is 0 Å². The SMILES string of the molecule is CCSCCOC(=O)C1=C(C)NC2=C(C(=O)C[C@H](c3ccc(OC)cc3)C2)[C@@H]1c1ccc(OC)c(OC)c1. The molecule has 0 bridgehead atoms. The van der Waals surface area contributed by atoms with Gasteiger partial charge in [-0.15, -0.1) is 0 Å². The number of ketones is 1. The van der Waals surface area contributed by atoms with Crippen LogP contribution >= 0.6 is 11.8 Å². The number of hydrogen-bond acceptors (Lipinski definition) is 8. The average Bonchev–Trinajstić information content (AvgIpc) is 2.94. The first kappa shape index (κ1) is 27.6. The van der Waals surface area contributed by atoms with E-state index in [-0.39, 0.29) is 11.7 Å². The lowest BCUT2D eigenvalue weighted by Crippen LogP contribution is -2.36. The zero-order valence-corrected chi connectivity index (χ0v) is 23.4. The summed E-state index contributed by atoms with van der Waals surface area (Å²) < 4.78 is 21.9. The minimum Gasteiger partial charge on any atom is -0.497 e. The second-order valence-corrected chi connectivity index (χ2v) is 10.6. The van der Waals surface area contributed by atoms with E-state index >= 15 is 0 Å². The number of allylic oxidation sites excluding steroid dienone is 3. The summed E-state index contributed by atoms with van der Waals surface area (Å²) in [5.41, 5.74) is 4.46. The molecule has 2 atom stereocenters. The van der Waals surface area contributed by atoms with E-state index in [0.717, 1.165) is 34.1 Å². The molecular formula is C30H35NO6S. The van der Waals surface area contributed by atoms with Crippen molar-refractivity contribution in [2.24, 2.45) is 0 Å². The van der Waals surface area contributed by atoms with Crippen molar-refractivity contribution in [3.63, 3.8) is 0 Å². The molecule has 7 nitrogen and oxygen atoms in total. The summed E-state index contributed by atoms with van der Waals surface area (Å²) in [5.74, 6) is 2.63. The van der Waals surface area contributed by atoms with Crippen LogP contribution in [0.4, 0.5) is 0 Å². The molecule has 2 aromatic carbocycles. The highest BCUT2D eigenvalue weighted by molar-refractivity contribution is 7.99. The summed E-state index contributed by atoms with van der Waals surface area (Å²) in [6, 6.07) is 13.4. The number of nitrogens with one attached hydrogen (secondary N) is 1. The molecule has 0 saturated heterocycles. The van der Waals surface area contributed by atoms with Crippen LogP contribution in [0.15, 0.2) is 65.0 Å². The lowest BCUT2D eigenvalue weighted by Gasteiger charge is -2.37. The number of thioether (sulfide) groups is 1. The molecule has 1 aliphatic heterocycles. The van der Waals surface area contributed by atoms with E-state index in [2.05, 4.69) is 12.2 Å². The Hall–Kier alpha value is -3.39. The zero-order chi connectivity index (χ0) is 27.2. The number of esters is 1. The van der Waals surface area contributed by atoms with Crippen LogP contribution in [0.3, 0.4) is 0 Å². The van der Waals surface area contributed by atoms with Crippen LogP contribution in [0.25, 0.3) is 0 Å². The monoisotopic (exact) mass is 537 g/mol. The maximum atomic E-state index is 13.8. The smallest absolute Gasteiger partial charge is 0.336 e. The molecule has 38 heavy (non-hydrogen) atoms. The molecule has 0 unspecified atom stereocenters. The van der Waals surface area contributed by atoms with Gasteiger partial charge in [-0.2, -0.15) is 11.8 Å². The van der Waals surface area contributed by atoms with Crippen molar-refractivity contribution < 1.29 is 28.5 Å². The Morgan fingerprint density at radius 2 is 1.68 bits per heavy atom. The molecule has 0 radical (unpaired) electrons. The van der Waals surface area contributed by atoms with Gasteiger partial charge in [-0.25, -0.2) is 4.79 Å². The van der Waals surface area contributed by atoms with Crippen molar-refractivity contribution in [2.45, 2.75) is 38.5 Å². The third kappa shape index (κ3) is 5.70. The normalized spacial score (nSPS) is 19.0. The second kappa shape index (κ2) is 12.4. The number of rotatable bonds is 10. The number of methoxy groups -OCH3 is 3. The fourth-order valence-electron chi connectivity index (χ4n) is 5.20. The van der Waals surface area contributed by atoms with Crippen molar-refractivity contribution in [1.29, 1.82) is 0 Å². The first-order valence-electron chi connectivity index (χ1n) is 12.8. The van der Waals surface area contributed by atoms with Crippen LogP contribution in [0.1, 0.15) is 49.7 Å². The Kier molecular flexibility index (Phi) is 9.05. The van der Waals surface area contributed by atoms with E-state index in [0.29, 0.717) is 47.8 Å². The summed E-state index contributed by atoms with van der Waals surface area (Å²) >= 11 is 1.71. The van der Waals surface area contributed by atoms with Gasteiger partial charge in [-0.05, 0) is 60.4 Å². The molecule has 0 fully saturated rings. The highest BCUT2D eigenvalue weighted by atomic mass is 32.2. The number of benzene rings is 2. The summed E-state index contributed by atoms with van der Waals surface area (Å²) in [7, 11) is 4.78. The Morgan fingerprint density at radius 1 is 0.974 bits per heavy atom. The predicted octanol–water partition coefficient (Wildman–Crippen LogP) is 5.37. The first-order chi connectivity index (χ1) is 18.4. The van der Waals surface area contributed by atoms with Gasteiger partial charge in [0.1, 0.15) is 12.4 Å². The van der Waals surface area contributed by atoms with E-state index < -0.39 is 11.9 Å². The van der Waals surface area contributed by atoms with E-state index in [1.807, 2.05) is 43.3 Å². The molecule has 2 aromatic rings. The molecule has 0 spiro atoms. The van der Waals surface area contributed by atoms with Gasteiger partial charge < -0.3 is 24.3 Å². The molecule has 2 aliphatic rings. The van der Waals surface area contributed by atoms with Crippen LogP contribution in [0.2, 0.25) is 0 Å². The van der Waals surface area contributed by atoms with E-state index in [1.54, 1.807) is 39.2 Å². The van der Waals surface area contributed by atoms with Crippen LogP contribution in [-0.4, -0.2) is 51.2 Å². The lowest BCUT2D eigenvalue weighted by atomic mass is 9.71. The fraction of sp³-hybridized carbons (Fsp3) is 0.400. The van der Waals surface area contributed by atoms with E-state index in [1.165, 1.54) is 0 Å². The Bertz CT molecular complexity index is 1250. The van der Waals surface area contributed by atoms with Crippen LogP contribution < -0.4 is 19.5 Å². The molecule has 0 aromatic heterocycles. The standard InChI is InChI=1S/C30H35NO6S/c1-6-38-14-13-37-30(33)27-18(2)31-23-15-21(19-7-10-22(34-3)11-8-19)16-24(32)29(23)28(27)20-9-12-25(35-4)26(17-20)36-5/h7-12,17,21,28,31H,6,13-16H2,1-5H3/t21-,28-/m1/s1. The third-order valence-electron chi connectivity index (χ3n) is 7.04. The number of ether oxygens (including phenoxy) is 4. The molecule has 202 valence electrons. The molecule has 0 saturated carbocycles. The zero-order valence-electron chi connectivity index (χ0n) is 22.6. The number of hydrogen-bond donors (Lipinski definition) is 1. The van der Waals surface area contributed by atoms with Gasteiger partial charge in [-0.1, -0.05) is 25.1 Å². The van der Waals surface area contributed by atoms with Gasteiger partial charge in [-0.3, -0.25) is 4.79 Å². The molecular weight excluding hydrogens is 502 g/mol. The van der Waals surface area contributed by atoms with Gasteiger partial charge in [0, 0.05) is 35.1 Å². The molecule has 8 heteroatoms. The lowest BCUT2D eigenvalue weighted by molar-refractivity contribution is -0.138. The van der Waals surface area contributed by atoms with Gasteiger partial charge in [0.25, 0.3) is 0 Å². The highest BCUT2D eigenvalue weighted by Gasteiger charge is 2.41. The Morgan fingerprint density at radius 3 is 2.34 bits per heavy atom. The molecule has 4 rings (SSSR count). The summed E-state index contributed by atoms with van der Waals surface area (Å²) in [6.45, 7) is 4.25. The quantitative estimate of drug-likeness (QED) is 0.320. The topological polar surface area (TPSA) is 83.1 Å². The number of carbonyl (C=O) groups is 2.